The molecule has 9 heteroatoms. The van der Waals surface area contributed by atoms with Gasteiger partial charge in [0.05, 0.1) is 11.8 Å². The van der Waals surface area contributed by atoms with Crippen LogP contribution in [0.15, 0.2) is 28.8 Å². The van der Waals surface area contributed by atoms with Crippen LogP contribution in [0.2, 0.25) is 0 Å². The number of aryl methyl sites for hydroxylation is 1. The third-order valence-corrected chi connectivity index (χ3v) is 4.60. The minimum Gasteiger partial charge on any atom is -0.444 e. The van der Waals surface area contributed by atoms with Gasteiger partial charge in [0.2, 0.25) is 5.91 Å². The summed E-state index contributed by atoms with van der Waals surface area (Å²) < 4.78 is 38.5. The molecule has 0 atom stereocenters. The molecule has 1 aromatic heterocycles. The molecule has 1 aromatic carbocycles. The fourth-order valence-electron chi connectivity index (χ4n) is 3.11. The minimum absolute atomic E-state index is 0.0148. The summed E-state index contributed by atoms with van der Waals surface area (Å²) in [4.78, 5) is 31.8. The maximum atomic E-state index is 13.9. The topological polar surface area (TPSA) is 75.9 Å². The zero-order valence-corrected chi connectivity index (χ0v) is 17.3. The van der Waals surface area contributed by atoms with Crippen molar-refractivity contribution in [2.24, 2.45) is 0 Å². The summed E-state index contributed by atoms with van der Waals surface area (Å²) in [6.45, 7) is 7.04. The number of hydrogen-bond donors (Lipinski definition) is 0. The molecule has 2 aromatic rings. The Morgan fingerprint density at radius 3 is 2.30 bits per heavy atom. The van der Waals surface area contributed by atoms with Gasteiger partial charge in [-0.25, -0.2) is 18.6 Å². The highest BCUT2D eigenvalue weighted by Crippen LogP contribution is 2.27. The van der Waals surface area contributed by atoms with Crippen LogP contribution in [-0.4, -0.2) is 58.6 Å². The molecule has 2 heterocycles. The van der Waals surface area contributed by atoms with Gasteiger partial charge in [-0.1, -0.05) is 6.07 Å². The molecule has 0 N–H and O–H groups in total. The molecule has 0 unspecified atom stereocenters. The molecule has 1 fully saturated rings. The van der Waals surface area contributed by atoms with Crippen LogP contribution in [0.1, 0.15) is 33.1 Å². The third-order valence-electron chi connectivity index (χ3n) is 4.60. The van der Waals surface area contributed by atoms with Crippen molar-refractivity contribution in [3.63, 3.8) is 0 Å². The van der Waals surface area contributed by atoms with Crippen LogP contribution >= 0.6 is 0 Å². The van der Waals surface area contributed by atoms with Crippen molar-refractivity contribution in [3.05, 3.63) is 41.9 Å². The van der Waals surface area contributed by atoms with Crippen molar-refractivity contribution in [3.8, 4) is 11.3 Å². The summed E-state index contributed by atoms with van der Waals surface area (Å²) >= 11 is 0. The summed E-state index contributed by atoms with van der Waals surface area (Å²) in [5.74, 6) is -1.36. The van der Waals surface area contributed by atoms with E-state index in [0.717, 1.165) is 12.1 Å². The number of amides is 2. The van der Waals surface area contributed by atoms with E-state index >= 15 is 0 Å². The van der Waals surface area contributed by atoms with Gasteiger partial charge < -0.3 is 19.0 Å². The number of halogens is 2. The van der Waals surface area contributed by atoms with E-state index in [1.807, 2.05) is 0 Å². The van der Waals surface area contributed by atoms with Gasteiger partial charge in [-0.2, -0.15) is 0 Å². The molecule has 0 spiro atoms. The van der Waals surface area contributed by atoms with E-state index in [2.05, 4.69) is 4.98 Å². The molecule has 2 amide bonds. The number of carbonyl (C=O) groups excluding carboxylic acids is 2. The van der Waals surface area contributed by atoms with Gasteiger partial charge in [-0.05, 0) is 32.9 Å². The minimum atomic E-state index is -0.739. The summed E-state index contributed by atoms with van der Waals surface area (Å²) in [6, 6.07) is 3.55. The third kappa shape index (κ3) is 5.34. The van der Waals surface area contributed by atoms with Crippen molar-refractivity contribution in [1.82, 2.24) is 14.8 Å². The smallest absolute Gasteiger partial charge is 0.410 e. The van der Waals surface area contributed by atoms with E-state index in [4.69, 9.17) is 9.15 Å². The predicted molar refractivity (Wildman–Crippen MR) is 105 cm³/mol. The molecule has 1 saturated heterocycles. The average molecular weight is 421 g/mol. The molecule has 7 nitrogen and oxygen atoms in total. The Bertz CT molecular complexity index is 895. The largest absolute Gasteiger partial charge is 0.444 e. The van der Waals surface area contributed by atoms with Crippen LogP contribution in [0.3, 0.4) is 0 Å². The average Bonchev–Trinajstić information content (AvgIpc) is 3.13. The number of hydrogen-bond acceptors (Lipinski definition) is 5. The molecule has 0 aliphatic carbocycles. The molecule has 30 heavy (non-hydrogen) atoms. The maximum Gasteiger partial charge on any atom is 0.410 e. The molecule has 0 radical (unpaired) electrons. The Balaban J connectivity index is 1.50. The molecule has 0 saturated carbocycles. The number of ether oxygens (including phenoxy) is 1. The molecule has 1 aliphatic heterocycles. The quantitative estimate of drug-likeness (QED) is 0.754. The van der Waals surface area contributed by atoms with Crippen molar-refractivity contribution < 1.29 is 27.5 Å². The van der Waals surface area contributed by atoms with Gasteiger partial charge in [0.1, 0.15) is 17.2 Å². The second kappa shape index (κ2) is 8.81. The van der Waals surface area contributed by atoms with Crippen LogP contribution in [0.4, 0.5) is 13.6 Å². The molecule has 1 aliphatic rings. The normalized spacial score (nSPS) is 14.7. The van der Waals surface area contributed by atoms with Crippen molar-refractivity contribution in [2.75, 3.05) is 26.2 Å². The summed E-state index contributed by atoms with van der Waals surface area (Å²) in [7, 11) is 0. The van der Waals surface area contributed by atoms with E-state index in [0.29, 0.717) is 26.2 Å². The van der Waals surface area contributed by atoms with Gasteiger partial charge in [-0.15, -0.1) is 0 Å². The van der Waals surface area contributed by atoms with Crippen LogP contribution < -0.4 is 0 Å². The summed E-state index contributed by atoms with van der Waals surface area (Å²) in [6.07, 6.45) is 1.22. The number of carbonyl (C=O) groups is 2. The van der Waals surface area contributed by atoms with Crippen molar-refractivity contribution in [1.29, 1.82) is 0 Å². The monoisotopic (exact) mass is 421 g/mol. The standard InChI is InChI=1S/C21H25F2N3O4/c1-21(2,3)30-20(28)26-11-9-25(10-12-26)18(27)8-7-17-24-13-16(29-17)19-14(22)5-4-6-15(19)23/h4-6,13H,7-12H2,1-3H3. The van der Waals surface area contributed by atoms with Gasteiger partial charge in [0, 0.05) is 39.0 Å². The van der Waals surface area contributed by atoms with Crippen molar-refractivity contribution in [2.45, 2.75) is 39.2 Å². The number of piperazine rings is 1. The van der Waals surface area contributed by atoms with E-state index < -0.39 is 17.2 Å². The van der Waals surface area contributed by atoms with Crippen LogP contribution in [0.25, 0.3) is 11.3 Å². The molecular formula is C21H25F2N3O4. The van der Waals surface area contributed by atoms with Crippen LogP contribution in [0.5, 0.6) is 0 Å². The maximum absolute atomic E-state index is 13.9. The van der Waals surface area contributed by atoms with Gasteiger partial charge in [0.25, 0.3) is 0 Å². The lowest BCUT2D eigenvalue weighted by Gasteiger charge is -2.35. The first kappa shape index (κ1) is 21.7. The lowest BCUT2D eigenvalue weighted by atomic mass is 10.1. The Labute approximate surface area is 173 Å². The summed E-state index contributed by atoms with van der Waals surface area (Å²) in [5, 5.41) is 0. The van der Waals surface area contributed by atoms with Gasteiger partial charge in [0.15, 0.2) is 11.7 Å². The first-order valence-corrected chi connectivity index (χ1v) is 9.79. The highest BCUT2D eigenvalue weighted by Gasteiger charge is 2.27. The number of nitrogens with zero attached hydrogens (tertiary/aromatic N) is 3. The van der Waals surface area contributed by atoms with Gasteiger partial charge in [-0.3, -0.25) is 4.79 Å². The van der Waals surface area contributed by atoms with Crippen LogP contribution in [0, 0.1) is 11.6 Å². The zero-order valence-electron chi connectivity index (χ0n) is 17.3. The second-order valence-electron chi connectivity index (χ2n) is 8.06. The van der Waals surface area contributed by atoms with E-state index in [-0.39, 0.29) is 42.1 Å². The van der Waals surface area contributed by atoms with Gasteiger partial charge >= 0.3 is 6.09 Å². The Morgan fingerprint density at radius 2 is 1.70 bits per heavy atom. The molecule has 162 valence electrons. The first-order valence-electron chi connectivity index (χ1n) is 9.79. The predicted octanol–water partition coefficient (Wildman–Crippen LogP) is 3.63. The number of rotatable bonds is 4. The Kier molecular flexibility index (Phi) is 6.38. The fourth-order valence-corrected chi connectivity index (χ4v) is 3.11. The number of benzene rings is 1. The molecular weight excluding hydrogens is 396 g/mol. The highest BCUT2D eigenvalue weighted by molar-refractivity contribution is 5.77. The SMILES string of the molecule is CC(C)(C)OC(=O)N1CCN(C(=O)CCc2ncc(-c3c(F)cccc3F)o2)CC1. The van der Waals surface area contributed by atoms with Crippen LogP contribution in [-0.2, 0) is 16.0 Å². The molecule has 3 rings (SSSR count). The second-order valence-corrected chi connectivity index (χ2v) is 8.06. The lowest BCUT2D eigenvalue weighted by Crippen LogP contribution is -2.51. The number of aromatic nitrogens is 1. The molecule has 0 bridgehead atoms. The Hall–Kier alpha value is -2.97. The van der Waals surface area contributed by atoms with E-state index in [9.17, 15) is 18.4 Å². The highest BCUT2D eigenvalue weighted by atomic mass is 19.1. The number of oxazole rings is 1. The summed E-state index contributed by atoms with van der Waals surface area (Å²) in [5.41, 5.74) is -0.842. The van der Waals surface area contributed by atoms with E-state index in [1.165, 1.54) is 12.3 Å². The first-order chi connectivity index (χ1) is 14.1. The fraction of sp³-hybridized carbons (Fsp3) is 0.476. The zero-order chi connectivity index (χ0) is 21.9. The van der Waals surface area contributed by atoms with E-state index in [1.54, 1.807) is 30.6 Å². The van der Waals surface area contributed by atoms with Crippen molar-refractivity contribution >= 4 is 12.0 Å². The lowest BCUT2D eigenvalue weighted by molar-refractivity contribution is -0.133. The Morgan fingerprint density at radius 1 is 1.10 bits per heavy atom.